The fraction of sp³-hybridized carbons (Fsp3) is 0.409. The molecular weight excluding hydrogens is 402 g/mol. The molecule has 1 aromatic carbocycles. The summed E-state index contributed by atoms with van der Waals surface area (Å²) in [6, 6.07) is 12.0. The molecule has 3 aromatic rings. The molecule has 5 nitrogen and oxygen atoms in total. The third-order valence-electron chi connectivity index (χ3n) is 5.10. The second-order valence-corrected chi connectivity index (χ2v) is 9.41. The van der Waals surface area contributed by atoms with E-state index in [2.05, 4.69) is 34.7 Å². The number of benzene rings is 1. The molecule has 4 rings (SSSR count). The number of ketones is 1. The van der Waals surface area contributed by atoms with Crippen molar-refractivity contribution in [2.24, 2.45) is 0 Å². The van der Waals surface area contributed by atoms with Gasteiger partial charge in [-0.2, -0.15) is 0 Å². The van der Waals surface area contributed by atoms with Gasteiger partial charge in [0.25, 0.3) is 0 Å². The minimum Gasteiger partial charge on any atom is -0.376 e. The number of thiophene rings is 1. The second kappa shape index (κ2) is 9.24. The van der Waals surface area contributed by atoms with Gasteiger partial charge in [0.05, 0.1) is 23.3 Å². The highest BCUT2D eigenvalue weighted by atomic mass is 32.2. The standard InChI is InChI=1S/C22H25N3O2S2/c1-15(2)16-7-9-17(10-8-16)19(26)14-29-22-24-23-21(20-6-4-12-28-20)25(22)13-18-5-3-11-27-18/h4,6-10,12,15,18H,3,5,11,13-14H2,1-2H3. The number of nitrogens with zero attached hydrogens (tertiary/aromatic N) is 3. The SMILES string of the molecule is CC(C)c1ccc(C(=O)CSc2nnc(-c3cccs3)n2CC2CCCO2)cc1. The highest BCUT2D eigenvalue weighted by Gasteiger charge is 2.22. The van der Waals surface area contributed by atoms with Gasteiger partial charge >= 0.3 is 0 Å². The van der Waals surface area contributed by atoms with Crippen molar-refractivity contribution in [3.05, 3.63) is 52.9 Å². The van der Waals surface area contributed by atoms with Crippen LogP contribution in [0.3, 0.4) is 0 Å². The van der Waals surface area contributed by atoms with Crippen molar-refractivity contribution in [1.29, 1.82) is 0 Å². The Kier molecular flexibility index (Phi) is 6.47. The van der Waals surface area contributed by atoms with E-state index in [1.54, 1.807) is 11.3 Å². The zero-order valence-electron chi connectivity index (χ0n) is 16.7. The van der Waals surface area contributed by atoms with Crippen LogP contribution in [0.5, 0.6) is 0 Å². The van der Waals surface area contributed by atoms with Gasteiger partial charge in [0.2, 0.25) is 0 Å². The largest absolute Gasteiger partial charge is 0.376 e. The Hall–Kier alpha value is -1.96. The highest BCUT2D eigenvalue weighted by Crippen LogP contribution is 2.29. The Bertz CT molecular complexity index is 943. The molecule has 0 aliphatic carbocycles. The number of hydrogen-bond donors (Lipinski definition) is 0. The summed E-state index contributed by atoms with van der Waals surface area (Å²) in [5.74, 6) is 1.76. The monoisotopic (exact) mass is 427 g/mol. The molecule has 1 saturated heterocycles. The predicted molar refractivity (Wildman–Crippen MR) is 118 cm³/mol. The van der Waals surface area contributed by atoms with Crippen LogP contribution in [0.15, 0.2) is 46.9 Å². The third kappa shape index (κ3) is 4.79. The van der Waals surface area contributed by atoms with Gasteiger partial charge in [-0.15, -0.1) is 21.5 Å². The quantitative estimate of drug-likeness (QED) is 0.361. The number of hydrogen-bond acceptors (Lipinski definition) is 6. The molecule has 0 radical (unpaired) electrons. The minimum atomic E-state index is 0.106. The van der Waals surface area contributed by atoms with Crippen LogP contribution in [-0.2, 0) is 11.3 Å². The van der Waals surface area contributed by atoms with Crippen LogP contribution < -0.4 is 0 Å². The number of rotatable bonds is 8. The Morgan fingerprint density at radius 1 is 1.28 bits per heavy atom. The molecule has 1 aliphatic rings. The van der Waals surface area contributed by atoms with Crippen molar-refractivity contribution < 1.29 is 9.53 Å². The maximum Gasteiger partial charge on any atom is 0.192 e. The van der Waals surface area contributed by atoms with Crippen LogP contribution in [0.25, 0.3) is 10.7 Å². The van der Waals surface area contributed by atoms with E-state index in [0.29, 0.717) is 11.7 Å². The topological polar surface area (TPSA) is 57.0 Å². The summed E-state index contributed by atoms with van der Waals surface area (Å²) in [5.41, 5.74) is 1.98. The van der Waals surface area contributed by atoms with Crippen LogP contribution >= 0.6 is 23.1 Å². The molecule has 2 aromatic heterocycles. The van der Waals surface area contributed by atoms with Gasteiger partial charge in [-0.3, -0.25) is 9.36 Å². The molecule has 1 atom stereocenters. The molecule has 0 amide bonds. The van der Waals surface area contributed by atoms with Gasteiger partial charge in [-0.05, 0) is 35.8 Å². The lowest BCUT2D eigenvalue weighted by Gasteiger charge is -2.14. The smallest absolute Gasteiger partial charge is 0.192 e. The molecule has 7 heteroatoms. The molecule has 1 aliphatic heterocycles. The van der Waals surface area contributed by atoms with Crippen molar-refractivity contribution in [3.63, 3.8) is 0 Å². The summed E-state index contributed by atoms with van der Waals surface area (Å²) in [5, 5.41) is 11.6. The summed E-state index contributed by atoms with van der Waals surface area (Å²) in [6.45, 7) is 5.84. The van der Waals surface area contributed by atoms with Gasteiger partial charge in [-0.1, -0.05) is 55.9 Å². The maximum absolute atomic E-state index is 12.7. The van der Waals surface area contributed by atoms with E-state index >= 15 is 0 Å². The van der Waals surface area contributed by atoms with E-state index in [0.717, 1.165) is 47.4 Å². The molecule has 1 unspecified atom stereocenters. The summed E-state index contributed by atoms with van der Waals surface area (Å²) in [7, 11) is 0. The summed E-state index contributed by atoms with van der Waals surface area (Å²) in [6.07, 6.45) is 2.32. The molecule has 0 spiro atoms. The van der Waals surface area contributed by atoms with Crippen LogP contribution in [0.4, 0.5) is 0 Å². The van der Waals surface area contributed by atoms with E-state index in [1.807, 2.05) is 35.7 Å². The lowest BCUT2D eigenvalue weighted by atomic mass is 10.0. The van der Waals surface area contributed by atoms with E-state index in [4.69, 9.17) is 4.74 Å². The average molecular weight is 428 g/mol. The molecule has 29 heavy (non-hydrogen) atoms. The molecule has 0 bridgehead atoms. The number of Topliss-reactive ketones (excluding diaryl/α,β-unsaturated/α-hetero) is 1. The zero-order valence-corrected chi connectivity index (χ0v) is 18.3. The van der Waals surface area contributed by atoms with Gasteiger partial charge in [0.15, 0.2) is 16.8 Å². The van der Waals surface area contributed by atoms with Gasteiger partial charge < -0.3 is 4.74 Å². The molecule has 0 N–H and O–H groups in total. The fourth-order valence-corrected chi connectivity index (χ4v) is 4.97. The van der Waals surface area contributed by atoms with Gasteiger partial charge in [0, 0.05) is 12.2 Å². The van der Waals surface area contributed by atoms with Crippen molar-refractivity contribution in [2.45, 2.75) is 50.4 Å². The van der Waals surface area contributed by atoms with Crippen molar-refractivity contribution in [3.8, 4) is 10.7 Å². The summed E-state index contributed by atoms with van der Waals surface area (Å²) >= 11 is 3.10. The second-order valence-electron chi connectivity index (χ2n) is 7.52. The molecular formula is C22H25N3O2S2. The first-order chi connectivity index (χ1) is 14.1. The predicted octanol–water partition coefficient (Wildman–Crippen LogP) is 5.28. The number of thioether (sulfide) groups is 1. The Morgan fingerprint density at radius 3 is 2.76 bits per heavy atom. The van der Waals surface area contributed by atoms with E-state index < -0.39 is 0 Å². The van der Waals surface area contributed by atoms with Crippen LogP contribution in [0.2, 0.25) is 0 Å². The van der Waals surface area contributed by atoms with Gasteiger partial charge in [-0.25, -0.2) is 0 Å². The van der Waals surface area contributed by atoms with Crippen molar-refractivity contribution in [2.75, 3.05) is 12.4 Å². The number of carbonyl (C=O) groups excluding carboxylic acids is 1. The van der Waals surface area contributed by atoms with Crippen LogP contribution in [0, 0.1) is 0 Å². The molecule has 0 saturated carbocycles. The first-order valence-corrected chi connectivity index (χ1v) is 11.8. The first kappa shape index (κ1) is 20.3. The number of carbonyl (C=O) groups is 1. The molecule has 3 heterocycles. The molecule has 1 fully saturated rings. The third-order valence-corrected chi connectivity index (χ3v) is 6.93. The average Bonchev–Trinajstić information content (AvgIpc) is 3.49. The lowest BCUT2D eigenvalue weighted by molar-refractivity contribution is 0.0953. The Balaban J connectivity index is 1.49. The lowest BCUT2D eigenvalue weighted by Crippen LogP contribution is -2.17. The van der Waals surface area contributed by atoms with E-state index in [-0.39, 0.29) is 11.9 Å². The molecule has 152 valence electrons. The summed E-state index contributed by atoms with van der Waals surface area (Å²) < 4.78 is 7.94. The van der Waals surface area contributed by atoms with E-state index in [9.17, 15) is 4.79 Å². The van der Waals surface area contributed by atoms with Gasteiger partial charge in [0.1, 0.15) is 0 Å². The first-order valence-electron chi connectivity index (χ1n) is 9.96. The maximum atomic E-state index is 12.7. The number of ether oxygens (including phenoxy) is 1. The van der Waals surface area contributed by atoms with Crippen molar-refractivity contribution >= 4 is 28.9 Å². The highest BCUT2D eigenvalue weighted by molar-refractivity contribution is 7.99. The van der Waals surface area contributed by atoms with E-state index in [1.165, 1.54) is 17.3 Å². The zero-order chi connectivity index (χ0) is 20.2. The van der Waals surface area contributed by atoms with Crippen LogP contribution in [-0.4, -0.2) is 39.0 Å². The Morgan fingerprint density at radius 2 is 2.10 bits per heavy atom. The summed E-state index contributed by atoms with van der Waals surface area (Å²) in [4.78, 5) is 13.8. The number of aromatic nitrogens is 3. The minimum absolute atomic E-state index is 0.106. The normalized spacial score (nSPS) is 16.6. The van der Waals surface area contributed by atoms with Crippen molar-refractivity contribution in [1.82, 2.24) is 14.8 Å². The fourth-order valence-electron chi connectivity index (χ4n) is 3.41. The van der Waals surface area contributed by atoms with Crippen LogP contribution in [0.1, 0.15) is 48.5 Å². The Labute approximate surface area is 179 Å².